The van der Waals surface area contributed by atoms with Gasteiger partial charge < -0.3 is 5.11 Å². The lowest BCUT2D eigenvalue weighted by Gasteiger charge is -2.16. The quantitative estimate of drug-likeness (QED) is 0.782. The Kier molecular flexibility index (Phi) is 6.13. The largest absolute Gasteiger partial charge is 0.391 e. The van der Waals surface area contributed by atoms with Gasteiger partial charge in [-0.05, 0) is 31.4 Å². The first-order valence-corrected chi connectivity index (χ1v) is 9.24. The molecule has 1 N–H and O–H groups in total. The van der Waals surface area contributed by atoms with Gasteiger partial charge in [0.15, 0.2) is 0 Å². The molecule has 0 fully saturated rings. The first-order chi connectivity index (χ1) is 8.43. The van der Waals surface area contributed by atoms with Crippen LogP contribution < -0.4 is 0 Å². The minimum Gasteiger partial charge on any atom is -0.391 e. The molecular formula is C11H19NO3S3. The molecule has 7 heteroatoms. The summed E-state index contributed by atoms with van der Waals surface area (Å²) in [6, 6.07) is 1.57. The predicted molar refractivity (Wildman–Crippen MR) is 77.8 cm³/mol. The third-order valence-electron chi connectivity index (χ3n) is 2.59. The molecule has 0 aliphatic heterocycles. The number of hydrogen-bond acceptors (Lipinski definition) is 5. The molecule has 1 rings (SSSR count). The van der Waals surface area contributed by atoms with E-state index in [9.17, 15) is 8.42 Å². The summed E-state index contributed by atoms with van der Waals surface area (Å²) in [4.78, 5) is 1.74. The van der Waals surface area contributed by atoms with E-state index in [1.165, 1.54) is 15.6 Å². The van der Waals surface area contributed by atoms with Crippen molar-refractivity contribution in [1.29, 1.82) is 0 Å². The Labute approximate surface area is 117 Å². The van der Waals surface area contributed by atoms with Crippen molar-refractivity contribution < 1.29 is 13.5 Å². The fourth-order valence-corrected chi connectivity index (χ4v) is 4.67. The number of aliphatic hydroxyl groups excluding tert-OH is 1. The van der Waals surface area contributed by atoms with Gasteiger partial charge in [0.2, 0.25) is 10.0 Å². The van der Waals surface area contributed by atoms with E-state index in [-0.39, 0.29) is 6.61 Å². The lowest BCUT2D eigenvalue weighted by molar-refractivity contribution is 0.285. The molecule has 1 heterocycles. The monoisotopic (exact) mass is 309 g/mol. The van der Waals surface area contributed by atoms with Crippen molar-refractivity contribution in [3.8, 4) is 0 Å². The minimum atomic E-state index is -3.42. The van der Waals surface area contributed by atoms with E-state index in [1.807, 2.05) is 6.26 Å². The number of aliphatic hydroxyl groups is 1. The van der Waals surface area contributed by atoms with Crippen LogP contribution in [0.1, 0.15) is 16.2 Å². The Bertz CT molecular complexity index is 482. The van der Waals surface area contributed by atoms with E-state index in [0.29, 0.717) is 16.3 Å². The van der Waals surface area contributed by atoms with Crippen LogP contribution in [0.15, 0.2) is 11.0 Å². The fourth-order valence-electron chi connectivity index (χ4n) is 1.58. The maximum atomic E-state index is 12.3. The molecule has 0 aliphatic carbocycles. The van der Waals surface area contributed by atoms with Gasteiger partial charge in [-0.3, -0.25) is 0 Å². The van der Waals surface area contributed by atoms with Crippen molar-refractivity contribution in [2.45, 2.75) is 24.8 Å². The average Bonchev–Trinajstić information content (AvgIpc) is 2.71. The molecular weight excluding hydrogens is 290 g/mol. The van der Waals surface area contributed by atoms with Crippen molar-refractivity contribution in [2.24, 2.45) is 0 Å². The van der Waals surface area contributed by atoms with Gasteiger partial charge in [0.25, 0.3) is 0 Å². The number of aryl methyl sites for hydroxylation is 1. The number of sulfonamides is 1. The summed E-state index contributed by atoms with van der Waals surface area (Å²) in [6.45, 7) is 2.18. The van der Waals surface area contributed by atoms with Gasteiger partial charge in [0.1, 0.15) is 0 Å². The molecule has 0 saturated heterocycles. The van der Waals surface area contributed by atoms with Gasteiger partial charge in [-0.15, -0.1) is 11.3 Å². The summed E-state index contributed by atoms with van der Waals surface area (Å²) in [6.07, 6.45) is 2.85. The van der Waals surface area contributed by atoms with E-state index in [1.54, 1.807) is 31.8 Å². The van der Waals surface area contributed by atoms with E-state index in [4.69, 9.17) is 5.11 Å². The SMILES string of the molecule is CSCCCN(C)S(=O)(=O)c1cc(CO)sc1C. The molecule has 0 saturated carbocycles. The van der Waals surface area contributed by atoms with Gasteiger partial charge in [0.05, 0.1) is 11.5 Å². The summed E-state index contributed by atoms with van der Waals surface area (Å²) in [5.74, 6) is 0.949. The highest BCUT2D eigenvalue weighted by molar-refractivity contribution is 7.98. The molecule has 4 nitrogen and oxygen atoms in total. The van der Waals surface area contributed by atoms with E-state index < -0.39 is 10.0 Å². The number of thioether (sulfide) groups is 1. The minimum absolute atomic E-state index is 0.114. The van der Waals surface area contributed by atoms with Crippen LogP contribution in [-0.2, 0) is 16.6 Å². The predicted octanol–water partition coefficient (Wildman–Crippen LogP) is 1.92. The summed E-state index contributed by atoms with van der Waals surface area (Å²) in [5, 5.41) is 9.05. The molecule has 0 atom stereocenters. The van der Waals surface area contributed by atoms with Crippen LogP contribution >= 0.6 is 23.1 Å². The zero-order valence-electron chi connectivity index (χ0n) is 10.8. The summed E-state index contributed by atoms with van der Waals surface area (Å²) < 4.78 is 26.0. The third-order valence-corrected chi connectivity index (χ3v) is 6.43. The second kappa shape index (κ2) is 6.91. The van der Waals surface area contributed by atoms with Gasteiger partial charge in [-0.1, -0.05) is 0 Å². The molecule has 1 aromatic rings. The van der Waals surface area contributed by atoms with Crippen LogP contribution in [0.25, 0.3) is 0 Å². The topological polar surface area (TPSA) is 57.6 Å². The second-order valence-electron chi connectivity index (χ2n) is 3.96. The Morgan fingerprint density at radius 2 is 2.17 bits per heavy atom. The van der Waals surface area contributed by atoms with Gasteiger partial charge in [-0.2, -0.15) is 11.8 Å². The fraction of sp³-hybridized carbons (Fsp3) is 0.636. The van der Waals surface area contributed by atoms with Crippen LogP contribution in [-0.4, -0.2) is 43.4 Å². The van der Waals surface area contributed by atoms with Crippen molar-refractivity contribution in [3.05, 3.63) is 15.8 Å². The maximum Gasteiger partial charge on any atom is 0.243 e. The van der Waals surface area contributed by atoms with Crippen LogP contribution in [0.4, 0.5) is 0 Å². The van der Waals surface area contributed by atoms with Crippen molar-refractivity contribution in [2.75, 3.05) is 25.6 Å². The number of thiophene rings is 1. The molecule has 0 aromatic carbocycles. The normalized spacial score (nSPS) is 12.3. The zero-order chi connectivity index (χ0) is 13.8. The van der Waals surface area contributed by atoms with Crippen molar-refractivity contribution in [1.82, 2.24) is 4.31 Å². The maximum absolute atomic E-state index is 12.3. The smallest absolute Gasteiger partial charge is 0.243 e. The molecule has 0 amide bonds. The summed E-state index contributed by atoms with van der Waals surface area (Å²) in [5.41, 5.74) is 0. The number of hydrogen-bond donors (Lipinski definition) is 1. The molecule has 0 aliphatic rings. The summed E-state index contributed by atoms with van der Waals surface area (Å²) >= 11 is 3.04. The van der Waals surface area contributed by atoms with Crippen molar-refractivity contribution in [3.63, 3.8) is 0 Å². The second-order valence-corrected chi connectivity index (χ2v) is 8.30. The Morgan fingerprint density at radius 1 is 1.50 bits per heavy atom. The Balaban J connectivity index is 2.87. The molecule has 104 valence electrons. The molecule has 0 unspecified atom stereocenters. The van der Waals surface area contributed by atoms with Crippen LogP contribution in [0.5, 0.6) is 0 Å². The molecule has 18 heavy (non-hydrogen) atoms. The first-order valence-electron chi connectivity index (χ1n) is 5.59. The molecule has 0 bridgehead atoms. The highest BCUT2D eigenvalue weighted by Gasteiger charge is 2.24. The van der Waals surface area contributed by atoms with Crippen LogP contribution in [0, 0.1) is 6.92 Å². The van der Waals surface area contributed by atoms with E-state index in [0.717, 1.165) is 17.1 Å². The number of rotatable bonds is 7. The lowest BCUT2D eigenvalue weighted by Crippen LogP contribution is -2.28. The van der Waals surface area contributed by atoms with Gasteiger partial charge >= 0.3 is 0 Å². The lowest BCUT2D eigenvalue weighted by atomic mass is 10.4. The van der Waals surface area contributed by atoms with E-state index >= 15 is 0 Å². The zero-order valence-corrected chi connectivity index (χ0v) is 13.3. The average molecular weight is 309 g/mol. The van der Waals surface area contributed by atoms with Gasteiger partial charge in [0, 0.05) is 23.3 Å². The van der Waals surface area contributed by atoms with Crippen molar-refractivity contribution >= 4 is 33.1 Å². The van der Waals surface area contributed by atoms with Crippen LogP contribution in [0.2, 0.25) is 0 Å². The highest BCUT2D eigenvalue weighted by Crippen LogP contribution is 2.27. The number of nitrogens with zero attached hydrogens (tertiary/aromatic N) is 1. The first kappa shape index (κ1) is 16.0. The Morgan fingerprint density at radius 3 is 2.67 bits per heavy atom. The van der Waals surface area contributed by atoms with Gasteiger partial charge in [-0.25, -0.2) is 12.7 Å². The highest BCUT2D eigenvalue weighted by atomic mass is 32.2. The Hall–Kier alpha value is -0.0800. The standard InChI is InChI=1S/C11H19NO3S3/c1-9-11(7-10(8-13)17-9)18(14,15)12(2)5-4-6-16-3/h7,13H,4-6,8H2,1-3H3. The molecule has 0 spiro atoms. The molecule has 0 radical (unpaired) electrons. The molecule has 1 aromatic heterocycles. The van der Waals surface area contributed by atoms with E-state index in [2.05, 4.69) is 0 Å². The van der Waals surface area contributed by atoms with Crippen LogP contribution in [0.3, 0.4) is 0 Å². The third kappa shape index (κ3) is 3.71. The summed E-state index contributed by atoms with van der Waals surface area (Å²) in [7, 11) is -1.81.